The number of hydrogen-bond donors (Lipinski definition) is 2. The molecule has 2 amide bonds. The molecule has 18 heavy (non-hydrogen) atoms. The fraction of sp³-hybridized carbons (Fsp3) is 0.417. The predicted molar refractivity (Wildman–Crippen MR) is 71.5 cm³/mol. The van der Waals surface area contributed by atoms with E-state index in [4.69, 9.17) is 0 Å². The lowest BCUT2D eigenvalue weighted by molar-refractivity contribution is -0.125. The van der Waals surface area contributed by atoms with E-state index in [1.165, 1.54) is 11.8 Å². The summed E-state index contributed by atoms with van der Waals surface area (Å²) >= 11 is 1.48. The second kappa shape index (κ2) is 5.39. The molecule has 0 unspecified atom stereocenters. The number of nitrogens with zero attached hydrogens (tertiary/aromatic N) is 1. The van der Waals surface area contributed by atoms with Crippen LogP contribution in [0.4, 0.5) is 5.82 Å². The molecule has 1 fully saturated rings. The topological polar surface area (TPSA) is 71.1 Å². The van der Waals surface area contributed by atoms with Gasteiger partial charge in [-0.15, -0.1) is 11.8 Å². The van der Waals surface area contributed by atoms with Crippen molar-refractivity contribution in [3.63, 3.8) is 0 Å². The molecule has 0 bridgehead atoms. The van der Waals surface area contributed by atoms with E-state index < -0.39 is 6.04 Å². The Kier molecular flexibility index (Phi) is 3.86. The van der Waals surface area contributed by atoms with Crippen LogP contribution in [0.2, 0.25) is 0 Å². The first-order chi connectivity index (χ1) is 8.56. The molecule has 0 aromatic carbocycles. The number of aromatic nitrogens is 1. The Morgan fingerprint density at radius 3 is 3.06 bits per heavy atom. The van der Waals surface area contributed by atoms with Crippen LogP contribution < -0.4 is 10.6 Å². The molecule has 0 spiro atoms. The van der Waals surface area contributed by atoms with Gasteiger partial charge in [-0.25, -0.2) is 4.98 Å². The summed E-state index contributed by atoms with van der Waals surface area (Å²) in [5.41, 5.74) is 1.02. The minimum absolute atomic E-state index is 0.0915. The van der Waals surface area contributed by atoms with Crippen LogP contribution in [0.1, 0.15) is 12.5 Å². The molecule has 6 heteroatoms. The molecule has 1 saturated heterocycles. The van der Waals surface area contributed by atoms with Crippen molar-refractivity contribution < 1.29 is 9.59 Å². The maximum absolute atomic E-state index is 12.0. The van der Waals surface area contributed by atoms with Crippen molar-refractivity contribution in [2.24, 2.45) is 0 Å². The average molecular weight is 265 g/mol. The standard InChI is InChI=1S/C12H15N3O2S/c1-7-3-4-13-10(5-7)15-12(17)9-6-18-8(2)11(16)14-9/h3-5,8-9H,6H2,1-2H3,(H,14,16)(H,13,15,17)/t8-,9+/m1/s1. The van der Waals surface area contributed by atoms with Gasteiger partial charge < -0.3 is 10.6 Å². The van der Waals surface area contributed by atoms with E-state index in [1.807, 2.05) is 19.9 Å². The van der Waals surface area contributed by atoms with Gasteiger partial charge in [0.05, 0.1) is 5.25 Å². The molecule has 2 rings (SSSR count). The molecule has 1 aliphatic rings. The summed E-state index contributed by atoms with van der Waals surface area (Å²) in [6.45, 7) is 3.76. The maximum atomic E-state index is 12.0. The van der Waals surface area contributed by atoms with Crippen molar-refractivity contribution in [3.8, 4) is 0 Å². The summed E-state index contributed by atoms with van der Waals surface area (Å²) in [7, 11) is 0. The Bertz CT molecular complexity index is 478. The van der Waals surface area contributed by atoms with Gasteiger partial charge in [0.25, 0.3) is 0 Å². The Morgan fingerprint density at radius 1 is 1.61 bits per heavy atom. The lowest BCUT2D eigenvalue weighted by Crippen LogP contribution is -2.51. The van der Waals surface area contributed by atoms with Crippen molar-refractivity contribution in [1.29, 1.82) is 0 Å². The number of aryl methyl sites for hydroxylation is 1. The smallest absolute Gasteiger partial charge is 0.248 e. The van der Waals surface area contributed by atoms with Crippen LogP contribution in [-0.2, 0) is 9.59 Å². The number of rotatable bonds is 2. The molecular weight excluding hydrogens is 250 g/mol. The summed E-state index contributed by atoms with van der Waals surface area (Å²) in [4.78, 5) is 27.5. The van der Waals surface area contributed by atoms with Crippen molar-refractivity contribution in [3.05, 3.63) is 23.9 Å². The van der Waals surface area contributed by atoms with Gasteiger partial charge in [-0.05, 0) is 31.5 Å². The number of thioether (sulfide) groups is 1. The summed E-state index contributed by atoms with van der Waals surface area (Å²) in [6.07, 6.45) is 1.64. The zero-order chi connectivity index (χ0) is 13.1. The summed E-state index contributed by atoms with van der Waals surface area (Å²) < 4.78 is 0. The fourth-order valence-corrected chi connectivity index (χ4v) is 2.54. The number of carbonyl (C=O) groups excluding carboxylic acids is 2. The number of hydrogen-bond acceptors (Lipinski definition) is 4. The number of nitrogens with one attached hydrogen (secondary N) is 2. The zero-order valence-electron chi connectivity index (χ0n) is 10.3. The molecule has 2 heterocycles. The third-order valence-electron chi connectivity index (χ3n) is 2.68. The molecule has 1 aromatic heterocycles. The molecule has 1 aromatic rings. The largest absolute Gasteiger partial charge is 0.343 e. The van der Waals surface area contributed by atoms with Gasteiger partial charge in [-0.1, -0.05) is 0 Å². The predicted octanol–water partition coefficient (Wildman–Crippen LogP) is 0.949. The second-order valence-electron chi connectivity index (χ2n) is 4.24. The minimum Gasteiger partial charge on any atom is -0.343 e. The number of carbonyl (C=O) groups is 2. The van der Waals surface area contributed by atoms with E-state index in [0.29, 0.717) is 11.6 Å². The summed E-state index contributed by atoms with van der Waals surface area (Å²) in [6, 6.07) is 3.16. The summed E-state index contributed by atoms with van der Waals surface area (Å²) in [5, 5.41) is 5.32. The third-order valence-corrected chi connectivity index (χ3v) is 3.92. The van der Waals surface area contributed by atoms with Gasteiger partial charge in [0.1, 0.15) is 11.9 Å². The zero-order valence-corrected chi connectivity index (χ0v) is 11.1. The maximum Gasteiger partial charge on any atom is 0.248 e. The Morgan fingerprint density at radius 2 is 2.39 bits per heavy atom. The number of pyridine rings is 1. The van der Waals surface area contributed by atoms with Crippen LogP contribution in [0.15, 0.2) is 18.3 Å². The van der Waals surface area contributed by atoms with Gasteiger partial charge >= 0.3 is 0 Å². The average Bonchev–Trinajstić information content (AvgIpc) is 2.32. The highest BCUT2D eigenvalue weighted by Gasteiger charge is 2.29. The van der Waals surface area contributed by atoms with E-state index in [-0.39, 0.29) is 17.1 Å². The van der Waals surface area contributed by atoms with Crippen LogP contribution >= 0.6 is 11.8 Å². The highest BCUT2D eigenvalue weighted by atomic mass is 32.2. The van der Waals surface area contributed by atoms with E-state index in [1.54, 1.807) is 12.3 Å². The molecule has 96 valence electrons. The lowest BCUT2D eigenvalue weighted by atomic mass is 10.2. The number of amides is 2. The van der Waals surface area contributed by atoms with Crippen LogP contribution in [0.25, 0.3) is 0 Å². The molecule has 5 nitrogen and oxygen atoms in total. The van der Waals surface area contributed by atoms with E-state index in [0.717, 1.165) is 5.56 Å². The quantitative estimate of drug-likeness (QED) is 0.835. The normalized spacial score (nSPS) is 23.3. The van der Waals surface area contributed by atoms with Crippen molar-refractivity contribution in [2.75, 3.05) is 11.1 Å². The molecule has 1 aliphatic heterocycles. The van der Waals surface area contributed by atoms with E-state index >= 15 is 0 Å². The molecule has 0 radical (unpaired) electrons. The van der Waals surface area contributed by atoms with Crippen LogP contribution in [0.5, 0.6) is 0 Å². The van der Waals surface area contributed by atoms with Gasteiger partial charge in [0.2, 0.25) is 11.8 Å². The Balaban J connectivity index is 1.98. The Labute approximate surface area is 110 Å². The lowest BCUT2D eigenvalue weighted by Gasteiger charge is -2.25. The second-order valence-corrected chi connectivity index (χ2v) is 5.62. The highest BCUT2D eigenvalue weighted by Crippen LogP contribution is 2.18. The first kappa shape index (κ1) is 12.9. The highest BCUT2D eigenvalue weighted by molar-refractivity contribution is 8.00. The third kappa shape index (κ3) is 3.01. The first-order valence-electron chi connectivity index (χ1n) is 5.72. The van der Waals surface area contributed by atoms with Gasteiger partial charge in [0, 0.05) is 11.9 Å². The fourth-order valence-electron chi connectivity index (χ4n) is 1.61. The molecule has 2 atom stereocenters. The first-order valence-corrected chi connectivity index (χ1v) is 6.76. The SMILES string of the molecule is Cc1ccnc(NC(=O)[C@@H]2CS[C@H](C)C(=O)N2)c1. The van der Waals surface area contributed by atoms with Crippen LogP contribution in [-0.4, -0.2) is 33.8 Å². The van der Waals surface area contributed by atoms with E-state index in [2.05, 4.69) is 15.6 Å². The minimum atomic E-state index is -0.485. The molecule has 0 aliphatic carbocycles. The number of anilines is 1. The summed E-state index contributed by atoms with van der Waals surface area (Å²) in [5.74, 6) is 0.784. The molecule has 2 N–H and O–H groups in total. The van der Waals surface area contributed by atoms with Gasteiger partial charge in [-0.3, -0.25) is 9.59 Å². The van der Waals surface area contributed by atoms with E-state index in [9.17, 15) is 9.59 Å². The van der Waals surface area contributed by atoms with Crippen molar-refractivity contribution >= 4 is 29.4 Å². The van der Waals surface area contributed by atoms with Crippen molar-refractivity contribution in [1.82, 2.24) is 10.3 Å². The molecular formula is C12H15N3O2S. The van der Waals surface area contributed by atoms with Crippen LogP contribution in [0.3, 0.4) is 0 Å². The van der Waals surface area contributed by atoms with Crippen LogP contribution in [0, 0.1) is 6.92 Å². The Hall–Kier alpha value is -1.56. The van der Waals surface area contributed by atoms with Gasteiger partial charge in [0.15, 0.2) is 0 Å². The molecule has 0 saturated carbocycles. The monoisotopic (exact) mass is 265 g/mol. The van der Waals surface area contributed by atoms with Crippen molar-refractivity contribution in [2.45, 2.75) is 25.1 Å². The van der Waals surface area contributed by atoms with Gasteiger partial charge in [-0.2, -0.15) is 0 Å².